The highest BCUT2D eigenvalue weighted by Crippen LogP contribution is 2.55. The summed E-state index contributed by atoms with van der Waals surface area (Å²) in [6, 6.07) is 0.457. The Bertz CT molecular complexity index is 624. The van der Waals surface area contributed by atoms with Gasteiger partial charge in [-0.2, -0.15) is 0 Å². The molecule has 0 radical (unpaired) electrons. The van der Waals surface area contributed by atoms with Gasteiger partial charge in [-0.3, -0.25) is 9.59 Å². The number of amides is 2. The van der Waals surface area contributed by atoms with E-state index in [2.05, 4.69) is 45.3 Å². The number of aliphatic hydroxyl groups excluding tert-OH is 1. The highest BCUT2D eigenvalue weighted by molar-refractivity contribution is 5.79. The lowest BCUT2D eigenvalue weighted by Crippen LogP contribution is -2.58. The van der Waals surface area contributed by atoms with E-state index in [1.807, 2.05) is 6.92 Å². The SMILES string of the molecule is CC(C(=O)NC1CC1)C1CCC2(C)CCC(NC(=O)CC(C)(C)C)C(C)C2C1O. The van der Waals surface area contributed by atoms with Crippen molar-refractivity contribution in [1.82, 2.24) is 10.6 Å². The van der Waals surface area contributed by atoms with Crippen LogP contribution in [0.25, 0.3) is 0 Å². The monoisotopic (exact) mass is 406 g/mol. The Kier molecular flexibility index (Phi) is 6.39. The Balaban J connectivity index is 1.68. The van der Waals surface area contributed by atoms with Gasteiger partial charge in [-0.25, -0.2) is 0 Å². The normalized spacial score (nSPS) is 38.7. The second kappa shape index (κ2) is 8.20. The Hall–Kier alpha value is -1.10. The number of rotatable bonds is 5. The first-order valence-electron chi connectivity index (χ1n) is 11.7. The summed E-state index contributed by atoms with van der Waals surface area (Å²) in [5, 5.41) is 17.8. The molecule has 3 saturated carbocycles. The van der Waals surface area contributed by atoms with E-state index in [1.54, 1.807) is 0 Å². The molecule has 0 saturated heterocycles. The first-order valence-corrected chi connectivity index (χ1v) is 11.7. The predicted molar refractivity (Wildman–Crippen MR) is 115 cm³/mol. The lowest BCUT2D eigenvalue weighted by Gasteiger charge is -2.56. The molecule has 0 aliphatic heterocycles. The molecule has 7 atom stereocenters. The van der Waals surface area contributed by atoms with Crippen molar-refractivity contribution < 1.29 is 14.7 Å². The zero-order valence-electron chi connectivity index (χ0n) is 19.3. The van der Waals surface area contributed by atoms with Crippen LogP contribution in [-0.2, 0) is 9.59 Å². The van der Waals surface area contributed by atoms with Crippen LogP contribution in [0.5, 0.6) is 0 Å². The molecule has 0 heterocycles. The molecule has 3 aliphatic rings. The van der Waals surface area contributed by atoms with E-state index in [0.717, 1.165) is 38.5 Å². The molecule has 3 fully saturated rings. The fraction of sp³-hybridized carbons (Fsp3) is 0.917. The number of hydrogen-bond donors (Lipinski definition) is 3. The Labute approximate surface area is 176 Å². The molecule has 166 valence electrons. The zero-order valence-corrected chi connectivity index (χ0v) is 19.3. The predicted octanol–water partition coefficient (Wildman–Crippen LogP) is 3.65. The minimum atomic E-state index is -0.494. The number of nitrogens with one attached hydrogen (secondary N) is 2. The van der Waals surface area contributed by atoms with Crippen LogP contribution in [0.15, 0.2) is 0 Å². The van der Waals surface area contributed by atoms with Crippen molar-refractivity contribution in [3.63, 3.8) is 0 Å². The van der Waals surface area contributed by atoms with E-state index in [4.69, 9.17) is 0 Å². The van der Waals surface area contributed by atoms with Crippen LogP contribution in [0, 0.1) is 34.5 Å². The van der Waals surface area contributed by atoms with Crippen LogP contribution < -0.4 is 10.6 Å². The molecule has 0 aromatic rings. The van der Waals surface area contributed by atoms with Gasteiger partial charge in [0.05, 0.1) is 6.10 Å². The highest BCUT2D eigenvalue weighted by atomic mass is 16.3. The van der Waals surface area contributed by atoms with Crippen LogP contribution in [0.1, 0.15) is 86.5 Å². The largest absolute Gasteiger partial charge is 0.392 e. The standard InChI is InChI=1S/C24H42N2O3/c1-14(22(29)25-16-7-8-16)17-9-11-24(6)12-10-18(15(2)20(24)21(17)28)26-19(27)13-23(3,4)5/h14-18,20-21,28H,7-13H2,1-6H3,(H,25,29)(H,26,27). The smallest absolute Gasteiger partial charge is 0.223 e. The van der Waals surface area contributed by atoms with E-state index in [-0.39, 0.29) is 52.4 Å². The van der Waals surface area contributed by atoms with E-state index in [9.17, 15) is 14.7 Å². The van der Waals surface area contributed by atoms with Gasteiger partial charge in [0.25, 0.3) is 0 Å². The second-order valence-electron chi connectivity index (χ2n) is 11.8. The topological polar surface area (TPSA) is 78.4 Å². The fourth-order valence-electron chi connectivity index (χ4n) is 5.99. The molecule has 5 nitrogen and oxygen atoms in total. The van der Waals surface area contributed by atoms with E-state index in [0.29, 0.717) is 12.5 Å². The van der Waals surface area contributed by atoms with Gasteiger partial charge in [0.15, 0.2) is 0 Å². The molecule has 29 heavy (non-hydrogen) atoms. The van der Waals surface area contributed by atoms with Crippen molar-refractivity contribution in [3.8, 4) is 0 Å². The van der Waals surface area contributed by atoms with Gasteiger partial charge in [-0.05, 0) is 67.1 Å². The third-order valence-corrected chi connectivity index (χ3v) is 7.90. The third kappa shape index (κ3) is 5.15. The van der Waals surface area contributed by atoms with Crippen LogP contribution >= 0.6 is 0 Å². The maximum atomic E-state index is 12.6. The van der Waals surface area contributed by atoms with Crippen molar-refractivity contribution in [3.05, 3.63) is 0 Å². The average Bonchev–Trinajstić information content (AvgIpc) is 3.39. The summed E-state index contributed by atoms with van der Waals surface area (Å²) in [6.45, 7) is 12.7. The summed E-state index contributed by atoms with van der Waals surface area (Å²) < 4.78 is 0. The van der Waals surface area contributed by atoms with E-state index in [1.165, 1.54) is 0 Å². The first kappa shape index (κ1) is 22.6. The molecule has 2 amide bonds. The number of aliphatic hydroxyl groups is 1. The number of hydrogen-bond acceptors (Lipinski definition) is 3. The first-order chi connectivity index (χ1) is 13.4. The summed E-state index contributed by atoms with van der Waals surface area (Å²) in [5.41, 5.74) is 0.0591. The van der Waals surface area contributed by atoms with Gasteiger partial charge in [0, 0.05) is 24.4 Å². The number of carbonyl (C=O) groups excluding carboxylic acids is 2. The Morgan fingerprint density at radius 3 is 2.31 bits per heavy atom. The van der Waals surface area contributed by atoms with Crippen LogP contribution in [0.3, 0.4) is 0 Å². The summed E-state index contributed by atoms with van der Waals surface area (Å²) in [5.74, 6) is 0.354. The van der Waals surface area contributed by atoms with E-state index < -0.39 is 6.10 Å². The third-order valence-electron chi connectivity index (χ3n) is 7.90. The van der Waals surface area contributed by atoms with Crippen molar-refractivity contribution in [1.29, 1.82) is 0 Å². The Morgan fingerprint density at radius 2 is 1.72 bits per heavy atom. The summed E-state index contributed by atoms with van der Waals surface area (Å²) in [6.07, 6.45) is 6.13. The zero-order chi connectivity index (χ0) is 21.6. The molecule has 3 aliphatic carbocycles. The van der Waals surface area contributed by atoms with Crippen molar-refractivity contribution in [2.24, 2.45) is 34.5 Å². The molecule has 3 rings (SSSR count). The van der Waals surface area contributed by atoms with Crippen molar-refractivity contribution in [2.45, 2.75) is 105 Å². The Morgan fingerprint density at radius 1 is 1.10 bits per heavy atom. The summed E-state index contributed by atoms with van der Waals surface area (Å²) in [7, 11) is 0. The van der Waals surface area contributed by atoms with Gasteiger partial charge < -0.3 is 15.7 Å². The molecule has 7 unspecified atom stereocenters. The van der Waals surface area contributed by atoms with Gasteiger partial charge in [0.2, 0.25) is 11.8 Å². The quantitative estimate of drug-likeness (QED) is 0.652. The number of carbonyl (C=O) groups is 2. The summed E-state index contributed by atoms with van der Waals surface area (Å²) >= 11 is 0. The highest BCUT2D eigenvalue weighted by Gasteiger charge is 2.54. The molecular weight excluding hydrogens is 364 g/mol. The maximum absolute atomic E-state index is 12.6. The fourth-order valence-corrected chi connectivity index (χ4v) is 5.99. The molecule has 0 aromatic heterocycles. The molecule has 3 N–H and O–H groups in total. The van der Waals surface area contributed by atoms with Crippen LogP contribution in [0.2, 0.25) is 0 Å². The lowest BCUT2D eigenvalue weighted by atomic mass is 9.51. The minimum Gasteiger partial charge on any atom is -0.392 e. The number of fused-ring (bicyclic) bond motifs is 1. The molecule has 0 spiro atoms. The van der Waals surface area contributed by atoms with Gasteiger partial charge >= 0.3 is 0 Å². The van der Waals surface area contributed by atoms with Crippen LogP contribution in [0.4, 0.5) is 0 Å². The van der Waals surface area contributed by atoms with Gasteiger partial charge in [-0.1, -0.05) is 41.5 Å². The average molecular weight is 407 g/mol. The maximum Gasteiger partial charge on any atom is 0.223 e. The van der Waals surface area contributed by atoms with Crippen LogP contribution in [-0.4, -0.2) is 35.1 Å². The molecule has 0 aromatic carbocycles. The molecule has 5 heteroatoms. The summed E-state index contributed by atoms with van der Waals surface area (Å²) in [4.78, 5) is 25.2. The van der Waals surface area contributed by atoms with Crippen molar-refractivity contribution >= 4 is 11.8 Å². The van der Waals surface area contributed by atoms with Gasteiger partial charge in [-0.15, -0.1) is 0 Å². The molecular formula is C24H42N2O3. The van der Waals surface area contributed by atoms with Crippen molar-refractivity contribution in [2.75, 3.05) is 0 Å². The second-order valence-corrected chi connectivity index (χ2v) is 11.8. The van der Waals surface area contributed by atoms with E-state index >= 15 is 0 Å². The molecule has 0 bridgehead atoms. The minimum absolute atomic E-state index is 0.00157. The lowest BCUT2D eigenvalue weighted by molar-refractivity contribution is -0.144. The van der Waals surface area contributed by atoms with Gasteiger partial charge in [0.1, 0.15) is 0 Å².